The lowest BCUT2D eigenvalue weighted by molar-refractivity contribution is -0.134. The third kappa shape index (κ3) is 5.63. The molecule has 0 rings (SSSR count). The van der Waals surface area contributed by atoms with E-state index >= 15 is 0 Å². The van der Waals surface area contributed by atoms with Crippen LogP contribution < -0.4 is 0 Å². The third-order valence-electron chi connectivity index (χ3n) is 0.817. The molecule has 0 saturated carbocycles. The number of halogens is 1. The van der Waals surface area contributed by atoms with Gasteiger partial charge in [0.2, 0.25) is 0 Å². The minimum Gasteiger partial charge on any atom is -0.466 e. The second-order valence-electron chi connectivity index (χ2n) is 2.42. The summed E-state index contributed by atoms with van der Waals surface area (Å²) >= 11 is 5.74. The second-order valence-corrected chi connectivity index (χ2v) is 3.40. The monoisotopic (exact) mass is 162 g/mol. The first kappa shape index (κ1) is 9.50. The fraction of sp³-hybridized carbons (Fsp3) is 0.571. The molecule has 0 spiro atoms. The van der Waals surface area contributed by atoms with Crippen LogP contribution in [-0.4, -0.2) is 18.0 Å². The smallest absolute Gasteiger partial charge is 0.330 e. The maximum atomic E-state index is 10.5. The average molecular weight is 163 g/mol. The van der Waals surface area contributed by atoms with Crippen molar-refractivity contribution in [3.05, 3.63) is 12.2 Å². The molecule has 0 amide bonds. The van der Waals surface area contributed by atoms with E-state index in [9.17, 15) is 4.79 Å². The molecule has 0 aliphatic heterocycles. The van der Waals surface area contributed by atoms with Gasteiger partial charge < -0.3 is 4.74 Å². The van der Waals surface area contributed by atoms with Crippen LogP contribution in [0.25, 0.3) is 0 Å². The Morgan fingerprint density at radius 1 is 1.60 bits per heavy atom. The van der Waals surface area contributed by atoms with Gasteiger partial charge in [0.15, 0.2) is 0 Å². The number of esters is 1. The highest BCUT2D eigenvalue weighted by molar-refractivity contribution is 6.24. The van der Waals surface area contributed by atoms with Crippen molar-refractivity contribution < 1.29 is 9.53 Å². The summed E-state index contributed by atoms with van der Waals surface area (Å²) < 4.78 is 4.36. The maximum Gasteiger partial charge on any atom is 0.330 e. The van der Waals surface area contributed by atoms with Crippen LogP contribution in [-0.2, 0) is 9.53 Å². The van der Waals surface area contributed by atoms with Crippen LogP contribution in [0.15, 0.2) is 12.2 Å². The van der Waals surface area contributed by atoms with Crippen molar-refractivity contribution in [1.82, 2.24) is 0 Å². The van der Waals surface area contributed by atoms with Crippen molar-refractivity contribution in [2.24, 2.45) is 0 Å². The van der Waals surface area contributed by atoms with Crippen LogP contribution in [0.5, 0.6) is 0 Å². The zero-order chi connectivity index (χ0) is 8.20. The summed E-state index contributed by atoms with van der Waals surface area (Å²) in [5, 5.41) is 0. The van der Waals surface area contributed by atoms with Crippen molar-refractivity contribution in [1.29, 1.82) is 0 Å². The van der Waals surface area contributed by atoms with Crippen LogP contribution in [0.1, 0.15) is 13.8 Å². The van der Waals surface area contributed by atoms with Gasteiger partial charge in [0.05, 0.1) is 12.0 Å². The van der Waals surface area contributed by atoms with Crippen LogP contribution in [0.3, 0.4) is 0 Å². The highest BCUT2D eigenvalue weighted by atomic mass is 35.5. The summed E-state index contributed by atoms with van der Waals surface area (Å²) in [4.78, 5) is 10.0. The zero-order valence-corrected chi connectivity index (χ0v) is 7.11. The van der Waals surface area contributed by atoms with Gasteiger partial charge in [0.1, 0.15) is 0 Å². The lowest BCUT2D eigenvalue weighted by Gasteiger charge is -2.06. The Labute approximate surface area is 65.8 Å². The number of allylic oxidation sites excluding steroid dienone is 1. The summed E-state index contributed by atoms with van der Waals surface area (Å²) in [6.07, 6.45) is 2.90. The topological polar surface area (TPSA) is 26.3 Å². The molecule has 10 heavy (non-hydrogen) atoms. The Bertz CT molecular complexity index is 144. The van der Waals surface area contributed by atoms with E-state index in [1.165, 1.54) is 13.2 Å². The zero-order valence-electron chi connectivity index (χ0n) is 6.35. The number of alkyl halides is 1. The second kappa shape index (κ2) is 3.62. The lowest BCUT2D eigenvalue weighted by atomic mass is 10.2. The highest BCUT2D eigenvalue weighted by Gasteiger charge is 2.07. The normalized spacial score (nSPS) is 12.0. The first-order valence-corrected chi connectivity index (χ1v) is 3.29. The van der Waals surface area contributed by atoms with Gasteiger partial charge in [-0.05, 0) is 13.8 Å². The van der Waals surface area contributed by atoms with Gasteiger partial charge >= 0.3 is 5.97 Å². The van der Waals surface area contributed by atoms with E-state index < -0.39 is 4.87 Å². The average Bonchev–Trinajstić information content (AvgIpc) is 1.81. The van der Waals surface area contributed by atoms with Crippen LogP contribution in [0.4, 0.5) is 0 Å². The molecule has 0 unspecified atom stereocenters. The third-order valence-corrected chi connectivity index (χ3v) is 0.943. The molecule has 0 aromatic rings. The number of hydrogen-bond acceptors (Lipinski definition) is 2. The molecule has 3 heteroatoms. The van der Waals surface area contributed by atoms with Gasteiger partial charge in [0, 0.05) is 6.08 Å². The van der Waals surface area contributed by atoms with E-state index in [2.05, 4.69) is 4.74 Å². The molecule has 2 nitrogen and oxygen atoms in total. The summed E-state index contributed by atoms with van der Waals surface area (Å²) in [5.74, 6) is -0.381. The Balaban J connectivity index is 3.88. The maximum absolute atomic E-state index is 10.5. The molecule has 0 bridgehead atoms. The van der Waals surface area contributed by atoms with E-state index in [0.717, 1.165) is 0 Å². The Morgan fingerprint density at radius 2 is 2.10 bits per heavy atom. The molecule has 0 fully saturated rings. The van der Waals surface area contributed by atoms with Crippen molar-refractivity contribution in [3.8, 4) is 0 Å². The van der Waals surface area contributed by atoms with Crippen molar-refractivity contribution >= 4 is 17.6 Å². The van der Waals surface area contributed by atoms with E-state index in [1.807, 2.05) is 0 Å². The molecular formula is C7H11ClO2. The first-order chi connectivity index (χ1) is 4.45. The Hall–Kier alpha value is -0.500. The molecule has 0 heterocycles. The van der Waals surface area contributed by atoms with E-state index in [1.54, 1.807) is 19.9 Å². The molecule has 0 aromatic carbocycles. The van der Waals surface area contributed by atoms with Gasteiger partial charge in [-0.3, -0.25) is 0 Å². The molecule has 0 aliphatic carbocycles. The minimum atomic E-state index is -0.478. The fourth-order valence-corrected chi connectivity index (χ4v) is 0.397. The van der Waals surface area contributed by atoms with Gasteiger partial charge in [0.25, 0.3) is 0 Å². The van der Waals surface area contributed by atoms with Gasteiger partial charge in [-0.2, -0.15) is 0 Å². The standard InChI is InChI=1S/C7H11ClO2/c1-7(2,8)5-4-6(9)10-3/h4-5H,1-3H3. The number of hydrogen-bond donors (Lipinski definition) is 0. The van der Waals surface area contributed by atoms with Crippen LogP contribution >= 0.6 is 11.6 Å². The predicted octanol–water partition coefficient (Wildman–Crippen LogP) is 1.73. The summed E-state index contributed by atoms with van der Waals surface area (Å²) in [6, 6.07) is 0. The summed E-state index contributed by atoms with van der Waals surface area (Å²) in [7, 11) is 1.33. The van der Waals surface area contributed by atoms with Gasteiger partial charge in [-0.1, -0.05) is 6.08 Å². The molecular weight excluding hydrogens is 152 g/mol. The Kier molecular flexibility index (Phi) is 3.43. The van der Waals surface area contributed by atoms with Crippen LogP contribution in [0, 0.1) is 0 Å². The SMILES string of the molecule is COC(=O)C=CC(C)(C)Cl. The molecule has 58 valence electrons. The van der Waals surface area contributed by atoms with Crippen molar-refractivity contribution in [3.63, 3.8) is 0 Å². The quantitative estimate of drug-likeness (QED) is 0.351. The fourth-order valence-electron chi connectivity index (χ4n) is 0.334. The first-order valence-electron chi connectivity index (χ1n) is 2.92. The highest BCUT2D eigenvalue weighted by Crippen LogP contribution is 2.13. The minimum absolute atomic E-state index is 0.381. The van der Waals surface area contributed by atoms with Crippen LogP contribution in [0.2, 0.25) is 0 Å². The number of ether oxygens (including phenoxy) is 1. The summed E-state index contributed by atoms with van der Waals surface area (Å²) in [6.45, 7) is 3.57. The Morgan fingerprint density at radius 3 is 2.40 bits per heavy atom. The van der Waals surface area contributed by atoms with E-state index in [0.29, 0.717) is 0 Å². The molecule has 0 N–H and O–H groups in total. The number of carbonyl (C=O) groups excluding carboxylic acids is 1. The van der Waals surface area contributed by atoms with Gasteiger partial charge in [-0.25, -0.2) is 4.79 Å². The number of carbonyl (C=O) groups is 1. The largest absolute Gasteiger partial charge is 0.466 e. The van der Waals surface area contributed by atoms with Crippen molar-refractivity contribution in [2.45, 2.75) is 18.7 Å². The predicted molar refractivity (Wildman–Crippen MR) is 41.1 cm³/mol. The van der Waals surface area contributed by atoms with E-state index in [4.69, 9.17) is 11.6 Å². The van der Waals surface area contributed by atoms with Gasteiger partial charge in [-0.15, -0.1) is 11.6 Å². The molecule has 0 aromatic heterocycles. The molecule has 0 atom stereocenters. The van der Waals surface area contributed by atoms with E-state index in [-0.39, 0.29) is 5.97 Å². The number of methoxy groups -OCH3 is 1. The molecule has 0 radical (unpaired) electrons. The van der Waals surface area contributed by atoms with Crippen molar-refractivity contribution in [2.75, 3.05) is 7.11 Å². The summed E-state index contributed by atoms with van der Waals surface area (Å²) in [5.41, 5.74) is 0. The molecule has 0 saturated heterocycles. The molecule has 0 aliphatic rings. The number of rotatable bonds is 2. The lowest BCUT2D eigenvalue weighted by Crippen LogP contribution is -2.06.